The lowest BCUT2D eigenvalue weighted by Crippen LogP contribution is -1.84. The van der Waals surface area contributed by atoms with Crippen LogP contribution in [0.3, 0.4) is 0 Å². The quantitative estimate of drug-likeness (QED) is 0.730. The molecule has 2 rings (SSSR count). The molecule has 0 bridgehead atoms. The Morgan fingerprint density at radius 1 is 1.36 bits per heavy atom. The molecule has 0 unspecified atom stereocenters. The van der Waals surface area contributed by atoms with Gasteiger partial charge in [0, 0.05) is 5.56 Å². The Bertz CT molecular complexity index is 449. The van der Waals surface area contributed by atoms with Crippen LogP contribution in [0.4, 0.5) is 4.39 Å². The van der Waals surface area contributed by atoms with Crippen molar-refractivity contribution in [2.24, 2.45) is 0 Å². The summed E-state index contributed by atoms with van der Waals surface area (Å²) in [5.74, 6) is -0.0430. The first-order chi connectivity index (χ1) is 6.65. The number of aromatic nitrogens is 2. The lowest BCUT2D eigenvalue weighted by Gasteiger charge is -1.97. The number of hydrogen-bond acceptors (Lipinski definition) is 3. The third-order valence-electron chi connectivity index (χ3n) is 1.70. The first-order valence-corrected chi connectivity index (χ1v) is 4.30. The number of aryl methyl sites for hydroxylation is 1. The second kappa shape index (κ2) is 3.38. The second-order valence-electron chi connectivity index (χ2n) is 2.89. The van der Waals surface area contributed by atoms with Crippen molar-refractivity contribution < 1.29 is 8.91 Å². The van der Waals surface area contributed by atoms with Crippen LogP contribution in [-0.4, -0.2) is 10.1 Å². The standard InChI is InChI=1S/C9H6ClFN2O/c1-5-2-6(4-7(11)3-5)8-12-9(10)14-13-8/h2-4H,1H3. The van der Waals surface area contributed by atoms with E-state index in [-0.39, 0.29) is 17.0 Å². The van der Waals surface area contributed by atoms with Crippen molar-refractivity contribution >= 4 is 11.6 Å². The van der Waals surface area contributed by atoms with Gasteiger partial charge in [0.2, 0.25) is 5.82 Å². The lowest BCUT2D eigenvalue weighted by molar-refractivity contribution is 0.421. The molecule has 0 atom stereocenters. The van der Waals surface area contributed by atoms with Crippen molar-refractivity contribution in [1.29, 1.82) is 0 Å². The molecule has 0 aliphatic carbocycles. The first kappa shape index (κ1) is 9.15. The van der Waals surface area contributed by atoms with Crippen molar-refractivity contribution in [3.8, 4) is 11.4 Å². The smallest absolute Gasteiger partial charge is 0.320 e. The van der Waals surface area contributed by atoms with Gasteiger partial charge in [0.15, 0.2) is 0 Å². The fourth-order valence-corrected chi connectivity index (χ4v) is 1.30. The highest BCUT2D eigenvalue weighted by Gasteiger charge is 2.08. The zero-order chi connectivity index (χ0) is 10.1. The summed E-state index contributed by atoms with van der Waals surface area (Å²) in [4.78, 5) is 3.78. The number of halogens is 2. The van der Waals surface area contributed by atoms with E-state index in [9.17, 15) is 4.39 Å². The van der Waals surface area contributed by atoms with E-state index in [2.05, 4.69) is 14.7 Å². The van der Waals surface area contributed by atoms with Crippen molar-refractivity contribution in [3.63, 3.8) is 0 Å². The van der Waals surface area contributed by atoms with Crippen molar-refractivity contribution in [2.75, 3.05) is 0 Å². The summed E-state index contributed by atoms with van der Waals surface area (Å²) in [6, 6.07) is 4.50. The summed E-state index contributed by atoms with van der Waals surface area (Å²) in [6.07, 6.45) is 0. The minimum Gasteiger partial charge on any atom is -0.321 e. The maximum Gasteiger partial charge on any atom is 0.320 e. The van der Waals surface area contributed by atoms with Gasteiger partial charge in [0.05, 0.1) is 0 Å². The van der Waals surface area contributed by atoms with Crippen LogP contribution in [0.2, 0.25) is 5.35 Å². The number of benzene rings is 1. The largest absolute Gasteiger partial charge is 0.321 e. The van der Waals surface area contributed by atoms with Crippen LogP contribution in [0.1, 0.15) is 5.56 Å². The Labute approximate surface area is 84.5 Å². The highest BCUT2D eigenvalue weighted by atomic mass is 35.5. The van der Waals surface area contributed by atoms with E-state index < -0.39 is 0 Å². The number of nitrogens with zero attached hydrogens (tertiary/aromatic N) is 2. The van der Waals surface area contributed by atoms with Gasteiger partial charge in [-0.3, -0.25) is 0 Å². The molecule has 14 heavy (non-hydrogen) atoms. The van der Waals surface area contributed by atoms with Gasteiger partial charge in [-0.05, 0) is 42.3 Å². The van der Waals surface area contributed by atoms with Crippen LogP contribution in [-0.2, 0) is 0 Å². The SMILES string of the molecule is Cc1cc(F)cc(-c2noc(Cl)n2)c1. The minimum absolute atomic E-state index is 0.0538. The molecule has 0 saturated carbocycles. The first-order valence-electron chi connectivity index (χ1n) is 3.92. The molecule has 1 heterocycles. The fraction of sp³-hybridized carbons (Fsp3) is 0.111. The molecule has 0 aliphatic heterocycles. The van der Waals surface area contributed by atoms with Gasteiger partial charge >= 0.3 is 5.35 Å². The molecule has 2 aromatic rings. The van der Waals surface area contributed by atoms with E-state index in [4.69, 9.17) is 11.6 Å². The van der Waals surface area contributed by atoms with Crippen LogP contribution in [0.25, 0.3) is 11.4 Å². The van der Waals surface area contributed by atoms with Gasteiger partial charge in [-0.25, -0.2) is 4.39 Å². The van der Waals surface area contributed by atoms with E-state index in [1.54, 1.807) is 13.0 Å². The maximum absolute atomic E-state index is 13.0. The minimum atomic E-state index is -0.332. The van der Waals surface area contributed by atoms with Crippen LogP contribution in [0.5, 0.6) is 0 Å². The Hall–Kier alpha value is -1.42. The number of hydrogen-bond donors (Lipinski definition) is 0. The van der Waals surface area contributed by atoms with Crippen LogP contribution in [0.15, 0.2) is 22.7 Å². The van der Waals surface area contributed by atoms with Gasteiger partial charge in [0.1, 0.15) is 5.82 Å². The van der Waals surface area contributed by atoms with Crippen molar-refractivity contribution in [2.45, 2.75) is 6.92 Å². The molecule has 72 valence electrons. The molecule has 0 N–H and O–H groups in total. The highest BCUT2D eigenvalue weighted by molar-refractivity contribution is 6.27. The predicted molar refractivity (Wildman–Crippen MR) is 49.4 cm³/mol. The molecule has 3 nitrogen and oxygen atoms in total. The zero-order valence-electron chi connectivity index (χ0n) is 7.29. The Balaban J connectivity index is 2.51. The monoisotopic (exact) mass is 212 g/mol. The summed E-state index contributed by atoms with van der Waals surface area (Å²) in [6.45, 7) is 1.79. The fourth-order valence-electron chi connectivity index (χ4n) is 1.19. The third kappa shape index (κ3) is 1.75. The van der Waals surface area contributed by atoms with Crippen molar-refractivity contribution in [3.05, 3.63) is 34.9 Å². The average Bonchev–Trinajstić information content (AvgIpc) is 2.50. The van der Waals surface area contributed by atoms with Crippen molar-refractivity contribution in [1.82, 2.24) is 10.1 Å². The molecule has 5 heteroatoms. The third-order valence-corrected chi connectivity index (χ3v) is 1.86. The topological polar surface area (TPSA) is 38.9 Å². The molecule has 0 aliphatic rings. The normalized spacial score (nSPS) is 10.5. The molecule has 0 spiro atoms. The summed E-state index contributed by atoms with van der Waals surface area (Å²) >= 11 is 5.46. The van der Waals surface area contributed by atoms with E-state index in [0.717, 1.165) is 5.56 Å². The summed E-state index contributed by atoms with van der Waals surface area (Å²) in [5, 5.41) is 3.53. The second-order valence-corrected chi connectivity index (χ2v) is 3.21. The molecule has 0 saturated heterocycles. The Morgan fingerprint density at radius 3 is 2.71 bits per heavy atom. The van der Waals surface area contributed by atoms with Gasteiger partial charge in [-0.2, -0.15) is 4.98 Å². The Morgan fingerprint density at radius 2 is 2.14 bits per heavy atom. The molecular formula is C9H6ClFN2O. The van der Waals surface area contributed by atoms with Crippen LogP contribution >= 0.6 is 11.6 Å². The summed E-state index contributed by atoms with van der Waals surface area (Å²) in [7, 11) is 0. The molecule has 1 aromatic heterocycles. The molecule has 1 aromatic carbocycles. The molecule has 0 radical (unpaired) electrons. The average molecular weight is 213 g/mol. The number of rotatable bonds is 1. The van der Waals surface area contributed by atoms with Gasteiger partial charge < -0.3 is 4.52 Å². The highest BCUT2D eigenvalue weighted by Crippen LogP contribution is 2.20. The van der Waals surface area contributed by atoms with Crippen LogP contribution in [0, 0.1) is 12.7 Å². The maximum atomic E-state index is 13.0. The lowest BCUT2D eigenvalue weighted by atomic mass is 10.1. The van der Waals surface area contributed by atoms with E-state index in [1.807, 2.05) is 0 Å². The van der Waals surface area contributed by atoms with Gasteiger partial charge in [0.25, 0.3) is 0 Å². The summed E-state index contributed by atoms with van der Waals surface area (Å²) < 4.78 is 17.6. The molecule has 0 amide bonds. The van der Waals surface area contributed by atoms with E-state index in [1.165, 1.54) is 12.1 Å². The van der Waals surface area contributed by atoms with Gasteiger partial charge in [-0.15, -0.1) is 0 Å². The molecule has 0 fully saturated rings. The Kier molecular flexibility index (Phi) is 2.21. The van der Waals surface area contributed by atoms with Crippen LogP contribution < -0.4 is 0 Å². The van der Waals surface area contributed by atoms with E-state index in [0.29, 0.717) is 5.56 Å². The van der Waals surface area contributed by atoms with E-state index >= 15 is 0 Å². The zero-order valence-corrected chi connectivity index (χ0v) is 8.05. The molecular weight excluding hydrogens is 207 g/mol. The summed E-state index contributed by atoms with van der Waals surface area (Å²) in [5.41, 5.74) is 1.35. The van der Waals surface area contributed by atoms with Gasteiger partial charge in [-0.1, -0.05) is 5.16 Å². The predicted octanol–water partition coefficient (Wildman–Crippen LogP) is 2.84.